The topological polar surface area (TPSA) is 83.4 Å². The predicted octanol–water partition coefficient (Wildman–Crippen LogP) is 2.55. The van der Waals surface area contributed by atoms with E-state index in [-0.39, 0.29) is 17.2 Å². The lowest BCUT2D eigenvalue weighted by Crippen LogP contribution is -2.37. The Morgan fingerprint density at radius 1 is 1.12 bits per heavy atom. The molecule has 1 saturated heterocycles. The van der Waals surface area contributed by atoms with E-state index in [4.69, 9.17) is 5.11 Å². The van der Waals surface area contributed by atoms with E-state index in [0.29, 0.717) is 31.7 Å². The second-order valence-corrected chi connectivity index (χ2v) is 5.81. The normalized spacial score (nSPS) is 15.2. The molecule has 2 aromatic rings. The average molecular weight is 347 g/mol. The highest BCUT2D eigenvalue weighted by atomic mass is 19.1. The molecule has 130 valence electrons. The maximum Gasteiger partial charge on any atom is 0.356 e. The lowest BCUT2D eigenvalue weighted by molar-refractivity contribution is 0.0689. The van der Waals surface area contributed by atoms with Crippen LogP contribution in [0.15, 0.2) is 30.6 Å². The first-order valence-corrected chi connectivity index (χ1v) is 7.75. The maximum absolute atomic E-state index is 13.8. The minimum absolute atomic E-state index is 0.143. The molecule has 0 unspecified atom stereocenters. The second-order valence-electron chi connectivity index (χ2n) is 5.81. The molecule has 0 saturated carbocycles. The molecule has 25 heavy (non-hydrogen) atoms. The van der Waals surface area contributed by atoms with E-state index in [0.717, 1.165) is 18.2 Å². The van der Waals surface area contributed by atoms with Gasteiger partial charge < -0.3 is 10.0 Å². The molecule has 0 atom stereocenters. The van der Waals surface area contributed by atoms with Crippen LogP contribution in [0.25, 0.3) is 0 Å². The van der Waals surface area contributed by atoms with Gasteiger partial charge in [0.25, 0.3) is 0 Å². The number of carbonyl (C=O) groups is 2. The fourth-order valence-electron chi connectivity index (χ4n) is 2.87. The van der Waals surface area contributed by atoms with Crippen LogP contribution in [0.5, 0.6) is 0 Å². The highest BCUT2D eigenvalue weighted by Crippen LogP contribution is 2.25. The molecule has 1 aliphatic heterocycles. The first-order chi connectivity index (χ1) is 12.0. The minimum Gasteiger partial charge on any atom is -0.476 e. The van der Waals surface area contributed by atoms with Crippen molar-refractivity contribution < 1.29 is 23.5 Å². The molecule has 1 aliphatic rings. The average Bonchev–Trinajstić information content (AvgIpc) is 2.63. The Bertz CT molecular complexity index is 803. The van der Waals surface area contributed by atoms with Crippen LogP contribution in [-0.2, 0) is 0 Å². The molecule has 0 bridgehead atoms. The number of hydrogen-bond donors (Lipinski definition) is 1. The molecular weight excluding hydrogens is 332 g/mol. The van der Waals surface area contributed by atoms with E-state index in [9.17, 15) is 18.4 Å². The Morgan fingerprint density at radius 3 is 2.44 bits per heavy atom. The molecule has 8 heteroatoms. The summed E-state index contributed by atoms with van der Waals surface area (Å²) in [6, 6.07) is 2.87. The molecule has 0 amide bonds. The summed E-state index contributed by atoms with van der Waals surface area (Å²) in [5, 5.41) is 8.82. The molecule has 0 radical (unpaired) electrons. The van der Waals surface area contributed by atoms with Gasteiger partial charge in [-0.25, -0.2) is 23.5 Å². The quantitative estimate of drug-likeness (QED) is 0.856. The third kappa shape index (κ3) is 3.62. The smallest absolute Gasteiger partial charge is 0.356 e. The van der Waals surface area contributed by atoms with E-state index in [1.165, 1.54) is 12.4 Å². The number of anilines is 1. The van der Waals surface area contributed by atoms with Gasteiger partial charge >= 0.3 is 5.97 Å². The Labute approximate surface area is 142 Å². The van der Waals surface area contributed by atoms with Gasteiger partial charge in [0, 0.05) is 19.0 Å². The van der Waals surface area contributed by atoms with Crippen molar-refractivity contribution in [3.8, 4) is 0 Å². The standard InChI is InChI=1S/C17H15F2N3O3/c18-11-1-2-13(19)12(7-11)16(23)10-3-5-22(6-4-10)15-9-20-14(8-21-15)17(24)25/h1-2,7-10H,3-6H2,(H,24,25). The van der Waals surface area contributed by atoms with Crippen molar-refractivity contribution in [2.24, 2.45) is 5.92 Å². The van der Waals surface area contributed by atoms with Gasteiger partial charge in [-0.3, -0.25) is 4.79 Å². The van der Waals surface area contributed by atoms with Gasteiger partial charge in [0.05, 0.1) is 18.0 Å². The number of hydrogen-bond acceptors (Lipinski definition) is 5. The van der Waals surface area contributed by atoms with E-state index in [1.807, 2.05) is 4.90 Å². The van der Waals surface area contributed by atoms with E-state index in [1.54, 1.807) is 0 Å². The van der Waals surface area contributed by atoms with Crippen molar-refractivity contribution in [3.63, 3.8) is 0 Å². The maximum atomic E-state index is 13.8. The Hall–Kier alpha value is -2.90. The van der Waals surface area contributed by atoms with Crippen LogP contribution in [0.2, 0.25) is 0 Å². The molecular formula is C17H15F2N3O3. The van der Waals surface area contributed by atoms with Crippen molar-refractivity contribution in [1.82, 2.24) is 9.97 Å². The monoisotopic (exact) mass is 347 g/mol. The number of rotatable bonds is 4. The number of Topliss-reactive ketones (excluding diaryl/α,β-unsaturated/α-hetero) is 1. The van der Waals surface area contributed by atoms with Gasteiger partial charge in [-0.05, 0) is 31.0 Å². The largest absolute Gasteiger partial charge is 0.476 e. The van der Waals surface area contributed by atoms with Crippen molar-refractivity contribution in [2.75, 3.05) is 18.0 Å². The van der Waals surface area contributed by atoms with Crippen LogP contribution >= 0.6 is 0 Å². The molecule has 6 nitrogen and oxygen atoms in total. The first kappa shape index (κ1) is 16.9. The highest BCUT2D eigenvalue weighted by Gasteiger charge is 2.28. The van der Waals surface area contributed by atoms with Gasteiger partial charge in [-0.1, -0.05) is 0 Å². The number of carbonyl (C=O) groups excluding carboxylic acids is 1. The SMILES string of the molecule is O=C(O)c1cnc(N2CCC(C(=O)c3cc(F)ccc3F)CC2)cn1. The van der Waals surface area contributed by atoms with Crippen molar-refractivity contribution in [1.29, 1.82) is 0 Å². The zero-order valence-electron chi connectivity index (χ0n) is 13.2. The number of carboxylic acids is 1. The summed E-state index contributed by atoms with van der Waals surface area (Å²) in [6.45, 7) is 0.989. The summed E-state index contributed by atoms with van der Waals surface area (Å²) in [6.07, 6.45) is 3.49. The van der Waals surface area contributed by atoms with Gasteiger partial charge in [-0.15, -0.1) is 0 Å². The number of aromatic carboxylic acids is 1. The van der Waals surface area contributed by atoms with Gasteiger partial charge in [0.15, 0.2) is 11.5 Å². The van der Waals surface area contributed by atoms with Crippen molar-refractivity contribution >= 4 is 17.6 Å². The van der Waals surface area contributed by atoms with Crippen LogP contribution in [0, 0.1) is 17.6 Å². The summed E-state index contributed by atoms with van der Waals surface area (Å²) in [7, 11) is 0. The first-order valence-electron chi connectivity index (χ1n) is 7.75. The summed E-state index contributed by atoms with van der Waals surface area (Å²) < 4.78 is 27.0. The van der Waals surface area contributed by atoms with Crippen LogP contribution in [0.3, 0.4) is 0 Å². The molecule has 0 aliphatic carbocycles. The van der Waals surface area contributed by atoms with E-state index < -0.39 is 23.4 Å². The number of aromatic nitrogens is 2. The molecule has 3 rings (SSSR count). The summed E-state index contributed by atoms with van der Waals surface area (Å²) in [4.78, 5) is 33.0. The van der Waals surface area contributed by atoms with E-state index in [2.05, 4.69) is 9.97 Å². The number of piperidine rings is 1. The van der Waals surface area contributed by atoms with Gasteiger partial charge in [-0.2, -0.15) is 0 Å². The molecule has 1 N–H and O–H groups in total. The summed E-state index contributed by atoms with van der Waals surface area (Å²) in [5.41, 5.74) is -0.362. The fraction of sp³-hybridized carbons (Fsp3) is 0.294. The fourth-order valence-corrected chi connectivity index (χ4v) is 2.87. The van der Waals surface area contributed by atoms with Crippen LogP contribution in [0.1, 0.15) is 33.7 Å². The zero-order valence-corrected chi connectivity index (χ0v) is 13.2. The lowest BCUT2D eigenvalue weighted by atomic mass is 9.88. The number of benzene rings is 1. The second kappa shape index (κ2) is 6.92. The Morgan fingerprint density at radius 2 is 1.84 bits per heavy atom. The minimum atomic E-state index is -1.15. The molecule has 1 aromatic heterocycles. The summed E-state index contributed by atoms with van der Waals surface area (Å²) >= 11 is 0. The Kier molecular flexibility index (Phi) is 4.69. The van der Waals surface area contributed by atoms with Crippen LogP contribution in [-0.4, -0.2) is 39.9 Å². The highest BCUT2D eigenvalue weighted by molar-refractivity contribution is 5.98. The number of halogens is 2. The molecule has 2 heterocycles. The third-order valence-electron chi connectivity index (χ3n) is 4.24. The molecule has 1 fully saturated rings. The number of ketones is 1. The van der Waals surface area contributed by atoms with E-state index >= 15 is 0 Å². The Balaban J connectivity index is 1.66. The molecule has 0 spiro atoms. The van der Waals surface area contributed by atoms with Crippen molar-refractivity contribution in [2.45, 2.75) is 12.8 Å². The van der Waals surface area contributed by atoms with Crippen molar-refractivity contribution in [3.05, 3.63) is 53.5 Å². The van der Waals surface area contributed by atoms with Crippen LogP contribution in [0.4, 0.5) is 14.6 Å². The van der Waals surface area contributed by atoms with Gasteiger partial charge in [0.1, 0.15) is 17.5 Å². The zero-order chi connectivity index (χ0) is 18.0. The van der Waals surface area contributed by atoms with Crippen LogP contribution < -0.4 is 4.90 Å². The van der Waals surface area contributed by atoms with Gasteiger partial charge in [0.2, 0.25) is 0 Å². The third-order valence-corrected chi connectivity index (χ3v) is 4.24. The predicted molar refractivity (Wildman–Crippen MR) is 84.6 cm³/mol. The summed E-state index contributed by atoms with van der Waals surface area (Å²) in [5.74, 6) is -2.78. The number of nitrogens with zero attached hydrogens (tertiary/aromatic N) is 3. The molecule has 1 aromatic carbocycles. The number of carboxylic acid groups (broad SMARTS) is 1. The lowest BCUT2D eigenvalue weighted by Gasteiger charge is -2.32.